The van der Waals surface area contributed by atoms with Crippen LogP contribution in [0.2, 0.25) is 15.1 Å². The standard InChI is InChI=1S/C15H10Cl3N3/c16-11-4-2-1-3-10(11)14-8-15(19)21(20-14)9-5-6-12(17)13(18)7-9/h1-8H,19H2. The van der Waals surface area contributed by atoms with Gasteiger partial charge in [-0.3, -0.25) is 0 Å². The molecule has 0 amide bonds. The van der Waals surface area contributed by atoms with Crippen molar-refractivity contribution in [2.45, 2.75) is 0 Å². The van der Waals surface area contributed by atoms with Crippen molar-refractivity contribution in [1.29, 1.82) is 0 Å². The zero-order chi connectivity index (χ0) is 15.0. The molecule has 0 bridgehead atoms. The molecule has 0 unspecified atom stereocenters. The number of halogens is 3. The molecule has 0 saturated heterocycles. The summed E-state index contributed by atoms with van der Waals surface area (Å²) in [6.07, 6.45) is 0. The number of anilines is 1. The number of hydrogen-bond acceptors (Lipinski definition) is 2. The molecule has 0 atom stereocenters. The first-order valence-corrected chi connectivity index (χ1v) is 7.25. The smallest absolute Gasteiger partial charge is 0.127 e. The summed E-state index contributed by atoms with van der Waals surface area (Å²) >= 11 is 18.1. The molecular formula is C15H10Cl3N3. The summed E-state index contributed by atoms with van der Waals surface area (Å²) in [6, 6.07) is 14.5. The van der Waals surface area contributed by atoms with Crippen molar-refractivity contribution in [3.05, 3.63) is 63.6 Å². The molecule has 0 saturated carbocycles. The average molecular weight is 339 g/mol. The van der Waals surface area contributed by atoms with E-state index in [1.165, 1.54) is 0 Å². The average Bonchev–Trinajstić information content (AvgIpc) is 2.84. The molecule has 21 heavy (non-hydrogen) atoms. The van der Waals surface area contributed by atoms with E-state index in [1.54, 1.807) is 28.9 Å². The van der Waals surface area contributed by atoms with Crippen LogP contribution in [0.5, 0.6) is 0 Å². The van der Waals surface area contributed by atoms with Crippen molar-refractivity contribution < 1.29 is 0 Å². The van der Waals surface area contributed by atoms with Gasteiger partial charge >= 0.3 is 0 Å². The van der Waals surface area contributed by atoms with Crippen molar-refractivity contribution in [2.24, 2.45) is 0 Å². The molecule has 0 radical (unpaired) electrons. The maximum Gasteiger partial charge on any atom is 0.127 e. The third-order valence-electron chi connectivity index (χ3n) is 3.03. The van der Waals surface area contributed by atoms with Crippen LogP contribution in [0.1, 0.15) is 0 Å². The van der Waals surface area contributed by atoms with E-state index in [0.717, 1.165) is 11.3 Å². The Morgan fingerprint density at radius 2 is 1.62 bits per heavy atom. The molecule has 1 heterocycles. The molecule has 1 aromatic heterocycles. The van der Waals surface area contributed by atoms with Crippen LogP contribution in [-0.2, 0) is 0 Å². The van der Waals surface area contributed by atoms with Crippen molar-refractivity contribution in [3.8, 4) is 16.9 Å². The van der Waals surface area contributed by atoms with Gasteiger partial charge in [0.15, 0.2) is 0 Å². The van der Waals surface area contributed by atoms with Crippen LogP contribution in [0.15, 0.2) is 48.5 Å². The van der Waals surface area contributed by atoms with Gasteiger partial charge in [-0.2, -0.15) is 5.10 Å². The van der Waals surface area contributed by atoms with Crippen LogP contribution in [-0.4, -0.2) is 9.78 Å². The number of aromatic nitrogens is 2. The minimum atomic E-state index is 0.448. The molecule has 3 rings (SSSR count). The predicted molar refractivity (Wildman–Crippen MR) is 88.4 cm³/mol. The van der Waals surface area contributed by atoms with E-state index in [2.05, 4.69) is 5.10 Å². The topological polar surface area (TPSA) is 43.8 Å². The Kier molecular flexibility index (Phi) is 3.81. The van der Waals surface area contributed by atoms with Crippen LogP contribution in [0.4, 0.5) is 5.82 Å². The zero-order valence-electron chi connectivity index (χ0n) is 10.7. The molecule has 6 heteroatoms. The molecular weight excluding hydrogens is 329 g/mol. The minimum absolute atomic E-state index is 0.448. The van der Waals surface area contributed by atoms with Crippen molar-refractivity contribution in [2.75, 3.05) is 5.73 Å². The summed E-state index contributed by atoms with van der Waals surface area (Å²) in [5, 5.41) is 6.04. The van der Waals surface area contributed by atoms with E-state index in [-0.39, 0.29) is 0 Å². The van der Waals surface area contributed by atoms with E-state index < -0.39 is 0 Å². The monoisotopic (exact) mass is 337 g/mol. The van der Waals surface area contributed by atoms with E-state index in [4.69, 9.17) is 40.5 Å². The van der Waals surface area contributed by atoms with Gasteiger partial charge < -0.3 is 5.73 Å². The second-order valence-corrected chi connectivity index (χ2v) is 5.67. The summed E-state index contributed by atoms with van der Waals surface area (Å²) in [7, 11) is 0. The lowest BCUT2D eigenvalue weighted by Crippen LogP contribution is -2.01. The zero-order valence-corrected chi connectivity index (χ0v) is 13.0. The Labute approximate surface area is 136 Å². The predicted octanol–water partition coefficient (Wildman–Crippen LogP) is 5.08. The third kappa shape index (κ3) is 2.72. The second-order valence-electron chi connectivity index (χ2n) is 4.44. The molecule has 0 aliphatic rings. The second kappa shape index (κ2) is 5.60. The fourth-order valence-electron chi connectivity index (χ4n) is 2.02. The summed E-state index contributed by atoms with van der Waals surface area (Å²) in [5.74, 6) is 0.489. The maximum atomic E-state index is 6.18. The lowest BCUT2D eigenvalue weighted by atomic mass is 10.1. The molecule has 0 aliphatic carbocycles. The van der Waals surface area contributed by atoms with Gasteiger partial charge in [0.2, 0.25) is 0 Å². The van der Waals surface area contributed by atoms with Crippen molar-refractivity contribution in [3.63, 3.8) is 0 Å². The first-order chi connectivity index (χ1) is 10.1. The van der Waals surface area contributed by atoms with E-state index in [1.807, 2.05) is 24.3 Å². The Morgan fingerprint density at radius 1 is 0.857 bits per heavy atom. The van der Waals surface area contributed by atoms with Crippen LogP contribution < -0.4 is 5.73 Å². The molecule has 2 N–H and O–H groups in total. The molecule has 2 aromatic carbocycles. The lowest BCUT2D eigenvalue weighted by molar-refractivity contribution is 0.895. The van der Waals surface area contributed by atoms with Crippen molar-refractivity contribution in [1.82, 2.24) is 9.78 Å². The van der Waals surface area contributed by atoms with Crippen LogP contribution in [0, 0.1) is 0 Å². The maximum absolute atomic E-state index is 6.18. The molecule has 106 valence electrons. The highest BCUT2D eigenvalue weighted by Crippen LogP contribution is 2.30. The molecule has 3 aromatic rings. The Hall–Kier alpha value is -1.68. The van der Waals surface area contributed by atoms with Gasteiger partial charge in [0.1, 0.15) is 5.82 Å². The van der Waals surface area contributed by atoms with Gasteiger partial charge in [-0.1, -0.05) is 53.0 Å². The Bertz CT molecular complexity index is 812. The van der Waals surface area contributed by atoms with E-state index in [9.17, 15) is 0 Å². The number of nitrogens with zero attached hydrogens (tertiary/aromatic N) is 2. The number of rotatable bonds is 2. The highest BCUT2D eigenvalue weighted by Gasteiger charge is 2.12. The van der Waals surface area contributed by atoms with Crippen LogP contribution in [0.25, 0.3) is 16.9 Å². The highest BCUT2D eigenvalue weighted by atomic mass is 35.5. The van der Waals surface area contributed by atoms with Crippen LogP contribution in [0.3, 0.4) is 0 Å². The quantitative estimate of drug-likeness (QED) is 0.708. The third-order valence-corrected chi connectivity index (χ3v) is 4.10. The van der Waals surface area contributed by atoms with Gasteiger partial charge in [0.25, 0.3) is 0 Å². The molecule has 0 fully saturated rings. The number of benzene rings is 2. The summed E-state index contributed by atoms with van der Waals surface area (Å²) in [5.41, 5.74) is 8.29. The normalized spacial score (nSPS) is 10.8. The SMILES string of the molecule is Nc1cc(-c2ccccc2Cl)nn1-c1ccc(Cl)c(Cl)c1. The van der Waals surface area contributed by atoms with Crippen LogP contribution >= 0.6 is 34.8 Å². The lowest BCUT2D eigenvalue weighted by Gasteiger charge is -2.05. The summed E-state index contributed by atoms with van der Waals surface area (Å²) < 4.78 is 1.60. The van der Waals surface area contributed by atoms with E-state index >= 15 is 0 Å². The Morgan fingerprint density at radius 3 is 2.33 bits per heavy atom. The minimum Gasteiger partial charge on any atom is -0.384 e. The fraction of sp³-hybridized carbons (Fsp3) is 0. The fourth-order valence-corrected chi connectivity index (χ4v) is 2.54. The summed E-state index contributed by atoms with van der Waals surface area (Å²) in [4.78, 5) is 0. The first-order valence-electron chi connectivity index (χ1n) is 6.12. The molecule has 3 nitrogen and oxygen atoms in total. The Balaban J connectivity index is 2.10. The van der Waals surface area contributed by atoms with Gasteiger partial charge in [-0.15, -0.1) is 0 Å². The number of hydrogen-bond donors (Lipinski definition) is 1. The number of nitrogens with two attached hydrogens (primary N) is 1. The molecule has 0 spiro atoms. The van der Waals surface area contributed by atoms with Crippen molar-refractivity contribution >= 4 is 40.6 Å². The number of nitrogen functional groups attached to an aromatic ring is 1. The van der Waals surface area contributed by atoms with Gasteiger partial charge in [-0.25, -0.2) is 4.68 Å². The van der Waals surface area contributed by atoms with Gasteiger partial charge in [-0.05, 0) is 24.3 Å². The molecule has 0 aliphatic heterocycles. The van der Waals surface area contributed by atoms with E-state index in [0.29, 0.717) is 26.6 Å². The van der Waals surface area contributed by atoms with Gasteiger partial charge in [0, 0.05) is 11.6 Å². The largest absolute Gasteiger partial charge is 0.384 e. The highest BCUT2D eigenvalue weighted by molar-refractivity contribution is 6.42. The first kappa shape index (κ1) is 14.3. The van der Waals surface area contributed by atoms with Gasteiger partial charge in [0.05, 0.1) is 26.4 Å². The summed E-state index contributed by atoms with van der Waals surface area (Å²) in [6.45, 7) is 0.